The van der Waals surface area contributed by atoms with Gasteiger partial charge in [0.05, 0.1) is 0 Å². The van der Waals surface area contributed by atoms with Crippen LogP contribution < -0.4 is 0 Å². The highest BCUT2D eigenvalue weighted by Crippen LogP contribution is 2.00. The zero-order valence-corrected chi connectivity index (χ0v) is 8.82. The minimum atomic E-state index is 1.10. The highest BCUT2D eigenvalue weighted by Gasteiger charge is 2.13. The molecule has 0 spiro atoms. The predicted molar refractivity (Wildman–Crippen MR) is 57.0 cm³/mol. The molecule has 1 fully saturated rings. The van der Waals surface area contributed by atoms with Crippen LogP contribution in [-0.2, 0) is 0 Å². The minimum absolute atomic E-state index is 1.10. The van der Waals surface area contributed by atoms with Gasteiger partial charge in [0.15, 0.2) is 0 Å². The smallest absolute Gasteiger partial charge is 0.101 e. The third kappa shape index (κ3) is 3.19. The van der Waals surface area contributed by atoms with Gasteiger partial charge in [0.25, 0.3) is 0 Å². The summed E-state index contributed by atoms with van der Waals surface area (Å²) in [5, 5.41) is 0. The zero-order chi connectivity index (χ0) is 9.68. The Morgan fingerprint density at radius 3 is 2.38 bits per heavy atom. The van der Waals surface area contributed by atoms with E-state index in [2.05, 4.69) is 28.8 Å². The van der Waals surface area contributed by atoms with Crippen LogP contribution in [0.3, 0.4) is 0 Å². The second-order valence-electron chi connectivity index (χ2n) is 3.45. The highest BCUT2D eigenvalue weighted by molar-refractivity contribution is 5.80. The molecular formula is C10H19N3. The van der Waals surface area contributed by atoms with Gasteiger partial charge in [-0.15, -0.1) is 0 Å². The number of likely N-dealkylation sites (N-methyl/N-ethyl adjacent to an activating group) is 1. The average Bonchev–Trinajstić information content (AvgIpc) is 2.15. The van der Waals surface area contributed by atoms with E-state index in [1.807, 2.05) is 19.2 Å². The van der Waals surface area contributed by atoms with Gasteiger partial charge in [-0.2, -0.15) is 0 Å². The van der Waals surface area contributed by atoms with Crippen LogP contribution in [0.2, 0.25) is 0 Å². The first kappa shape index (κ1) is 10.3. The lowest BCUT2D eigenvalue weighted by Gasteiger charge is -2.33. The Morgan fingerprint density at radius 1 is 1.23 bits per heavy atom. The number of hydrogen-bond donors (Lipinski definition) is 0. The van der Waals surface area contributed by atoms with Crippen molar-refractivity contribution >= 4 is 5.84 Å². The summed E-state index contributed by atoms with van der Waals surface area (Å²) in [6.45, 7) is 8.55. The molecule has 13 heavy (non-hydrogen) atoms. The zero-order valence-electron chi connectivity index (χ0n) is 8.82. The van der Waals surface area contributed by atoms with Gasteiger partial charge in [0.2, 0.25) is 0 Å². The van der Waals surface area contributed by atoms with Crippen molar-refractivity contribution in [3.63, 3.8) is 0 Å². The first-order valence-corrected chi connectivity index (χ1v) is 4.83. The van der Waals surface area contributed by atoms with Gasteiger partial charge < -0.3 is 9.80 Å². The normalized spacial score (nSPS) is 21.5. The standard InChI is InChI=1S/C10H19N3/c1-4-5-11-10(2)13-8-6-12(3)7-9-13/h4-5H,6-9H2,1-3H3/b5-4-,11-10+. The molecule has 1 aliphatic rings. The van der Waals surface area contributed by atoms with Gasteiger partial charge in [-0.3, -0.25) is 0 Å². The maximum absolute atomic E-state index is 4.33. The molecule has 74 valence electrons. The third-order valence-corrected chi connectivity index (χ3v) is 2.37. The number of rotatable bonds is 1. The number of amidine groups is 1. The summed E-state index contributed by atoms with van der Waals surface area (Å²) in [7, 11) is 2.16. The van der Waals surface area contributed by atoms with E-state index in [4.69, 9.17) is 0 Å². The fourth-order valence-electron chi connectivity index (χ4n) is 1.39. The van der Waals surface area contributed by atoms with E-state index >= 15 is 0 Å². The summed E-state index contributed by atoms with van der Waals surface area (Å²) in [6, 6.07) is 0. The summed E-state index contributed by atoms with van der Waals surface area (Å²) < 4.78 is 0. The van der Waals surface area contributed by atoms with Crippen LogP contribution in [0.5, 0.6) is 0 Å². The monoisotopic (exact) mass is 181 g/mol. The van der Waals surface area contributed by atoms with Crippen LogP contribution in [0.1, 0.15) is 13.8 Å². The van der Waals surface area contributed by atoms with Crippen LogP contribution in [0.4, 0.5) is 0 Å². The number of hydrogen-bond acceptors (Lipinski definition) is 2. The Balaban J connectivity index is 2.44. The van der Waals surface area contributed by atoms with Crippen LogP contribution in [0, 0.1) is 0 Å². The van der Waals surface area contributed by atoms with Gasteiger partial charge in [-0.05, 0) is 20.9 Å². The molecule has 1 saturated heterocycles. The molecule has 0 N–H and O–H groups in total. The Kier molecular flexibility index (Phi) is 3.96. The van der Waals surface area contributed by atoms with Crippen molar-refractivity contribution < 1.29 is 0 Å². The maximum atomic E-state index is 4.33. The first-order valence-electron chi connectivity index (χ1n) is 4.83. The lowest BCUT2D eigenvalue weighted by atomic mass is 10.3. The molecule has 0 saturated carbocycles. The largest absolute Gasteiger partial charge is 0.358 e. The molecule has 3 nitrogen and oxygen atoms in total. The van der Waals surface area contributed by atoms with Gasteiger partial charge in [0, 0.05) is 32.4 Å². The third-order valence-electron chi connectivity index (χ3n) is 2.37. The van der Waals surface area contributed by atoms with Crippen molar-refractivity contribution in [3.8, 4) is 0 Å². The molecule has 0 aliphatic carbocycles. The van der Waals surface area contributed by atoms with Crippen LogP contribution >= 0.6 is 0 Å². The highest BCUT2D eigenvalue weighted by atomic mass is 15.3. The Bertz CT molecular complexity index is 200. The van der Waals surface area contributed by atoms with Gasteiger partial charge >= 0.3 is 0 Å². The van der Waals surface area contributed by atoms with E-state index in [1.165, 1.54) is 0 Å². The molecular weight excluding hydrogens is 162 g/mol. The number of allylic oxidation sites excluding steroid dienone is 1. The lowest BCUT2D eigenvalue weighted by Crippen LogP contribution is -2.46. The van der Waals surface area contributed by atoms with Crippen LogP contribution in [0.15, 0.2) is 17.3 Å². The Labute approximate surface area is 80.7 Å². The second kappa shape index (κ2) is 5.02. The summed E-state index contributed by atoms with van der Waals surface area (Å²) >= 11 is 0. The van der Waals surface area contributed by atoms with Crippen molar-refractivity contribution in [2.45, 2.75) is 13.8 Å². The number of aliphatic imine (C=N–C) groups is 1. The molecule has 0 atom stereocenters. The molecule has 0 unspecified atom stereocenters. The van der Waals surface area contributed by atoms with Crippen LogP contribution in [0.25, 0.3) is 0 Å². The van der Waals surface area contributed by atoms with E-state index in [9.17, 15) is 0 Å². The van der Waals surface area contributed by atoms with Crippen LogP contribution in [-0.4, -0.2) is 48.9 Å². The molecule has 0 aromatic rings. The molecule has 3 heteroatoms. The predicted octanol–water partition coefficient (Wildman–Crippen LogP) is 1.19. The number of nitrogens with zero attached hydrogens (tertiary/aromatic N) is 3. The van der Waals surface area contributed by atoms with Gasteiger partial charge in [-0.25, -0.2) is 4.99 Å². The maximum Gasteiger partial charge on any atom is 0.101 e. The van der Waals surface area contributed by atoms with Crippen molar-refractivity contribution in [1.82, 2.24) is 9.80 Å². The summed E-state index contributed by atoms with van der Waals surface area (Å²) in [5.74, 6) is 1.13. The van der Waals surface area contributed by atoms with Crippen molar-refractivity contribution in [1.29, 1.82) is 0 Å². The van der Waals surface area contributed by atoms with E-state index < -0.39 is 0 Å². The Hall–Kier alpha value is -0.830. The van der Waals surface area contributed by atoms with Crippen molar-refractivity contribution in [3.05, 3.63) is 12.3 Å². The Morgan fingerprint density at radius 2 is 1.85 bits per heavy atom. The fourth-order valence-corrected chi connectivity index (χ4v) is 1.39. The molecule has 0 radical (unpaired) electrons. The quantitative estimate of drug-likeness (QED) is 0.447. The molecule has 0 aromatic heterocycles. The van der Waals surface area contributed by atoms with E-state index in [0.717, 1.165) is 32.0 Å². The molecule has 0 bridgehead atoms. The second-order valence-corrected chi connectivity index (χ2v) is 3.45. The average molecular weight is 181 g/mol. The molecule has 1 rings (SSSR count). The lowest BCUT2D eigenvalue weighted by molar-refractivity contribution is 0.215. The molecule has 1 heterocycles. The minimum Gasteiger partial charge on any atom is -0.358 e. The van der Waals surface area contributed by atoms with Gasteiger partial charge in [0.1, 0.15) is 5.84 Å². The molecule has 0 aromatic carbocycles. The van der Waals surface area contributed by atoms with Gasteiger partial charge in [-0.1, -0.05) is 6.08 Å². The van der Waals surface area contributed by atoms with E-state index in [1.54, 1.807) is 0 Å². The summed E-state index contributed by atoms with van der Waals surface area (Å²) in [6.07, 6.45) is 3.81. The van der Waals surface area contributed by atoms with E-state index in [-0.39, 0.29) is 0 Å². The first-order chi connectivity index (χ1) is 6.24. The summed E-state index contributed by atoms with van der Waals surface area (Å²) in [4.78, 5) is 9.01. The van der Waals surface area contributed by atoms with E-state index in [0.29, 0.717) is 0 Å². The fraction of sp³-hybridized carbons (Fsp3) is 0.700. The number of piperazine rings is 1. The summed E-state index contributed by atoms with van der Waals surface area (Å²) in [5.41, 5.74) is 0. The molecule has 0 amide bonds. The van der Waals surface area contributed by atoms with Crippen molar-refractivity contribution in [2.24, 2.45) is 4.99 Å². The SMILES string of the molecule is C/C=C\N=C(/C)N1CCN(C)CC1. The molecule has 1 aliphatic heterocycles. The van der Waals surface area contributed by atoms with Crippen molar-refractivity contribution in [2.75, 3.05) is 33.2 Å². The topological polar surface area (TPSA) is 18.8 Å².